The molecule has 33 heavy (non-hydrogen) atoms. The highest BCUT2D eigenvalue weighted by atomic mass is 127. The smallest absolute Gasteiger partial charge is 0.191 e. The second-order valence-electron chi connectivity index (χ2n) is 8.35. The number of halogens is 1. The van der Waals surface area contributed by atoms with E-state index in [9.17, 15) is 0 Å². The number of nitrogens with zero attached hydrogens (tertiary/aromatic N) is 2. The van der Waals surface area contributed by atoms with Gasteiger partial charge in [-0.15, -0.1) is 24.0 Å². The Morgan fingerprint density at radius 2 is 1.79 bits per heavy atom. The molecule has 2 N–H and O–H groups in total. The summed E-state index contributed by atoms with van der Waals surface area (Å²) in [6.07, 6.45) is 4.97. The standard InChI is InChI=1S/C25H34N4O3.HI/c1-26-25(27-16-18-7-4-5-10-24(18)32-21-8-6-9-21)28-19-11-12-29(17-19)20-13-22(30-2)15-23(14-20)31-3;/h4-5,7,10,13-15,19,21H,6,8-9,11-12,16-17H2,1-3H3,(H2,26,27,28);1H. The third-order valence-corrected chi connectivity index (χ3v) is 6.22. The van der Waals surface area contributed by atoms with Crippen molar-refractivity contribution in [2.24, 2.45) is 4.99 Å². The van der Waals surface area contributed by atoms with Crippen LogP contribution in [0.5, 0.6) is 17.2 Å². The van der Waals surface area contributed by atoms with Crippen LogP contribution in [0.25, 0.3) is 0 Å². The molecule has 4 rings (SSSR count). The molecule has 1 saturated heterocycles. The number of guanidine groups is 1. The van der Waals surface area contributed by atoms with Crippen LogP contribution in [0.1, 0.15) is 31.2 Å². The molecule has 8 heteroatoms. The van der Waals surface area contributed by atoms with Crippen molar-refractivity contribution in [1.82, 2.24) is 10.6 Å². The van der Waals surface area contributed by atoms with Gasteiger partial charge in [-0.05, 0) is 31.7 Å². The quantitative estimate of drug-likeness (QED) is 0.284. The van der Waals surface area contributed by atoms with Gasteiger partial charge in [0.1, 0.15) is 17.2 Å². The molecule has 1 atom stereocenters. The first kappa shape index (κ1) is 25.3. The van der Waals surface area contributed by atoms with Gasteiger partial charge in [-0.25, -0.2) is 0 Å². The number of methoxy groups -OCH3 is 2. The van der Waals surface area contributed by atoms with E-state index in [-0.39, 0.29) is 24.0 Å². The molecule has 0 aromatic heterocycles. The Labute approximate surface area is 213 Å². The number of ether oxygens (including phenoxy) is 3. The Kier molecular flexibility index (Phi) is 9.34. The van der Waals surface area contributed by atoms with Crippen molar-refractivity contribution < 1.29 is 14.2 Å². The molecule has 1 heterocycles. The average molecular weight is 566 g/mol. The Morgan fingerprint density at radius 1 is 1.06 bits per heavy atom. The molecule has 0 bridgehead atoms. The SMILES string of the molecule is CN=C(NCc1ccccc1OC1CCC1)NC1CCN(c2cc(OC)cc(OC)c2)C1.I. The van der Waals surface area contributed by atoms with Crippen LogP contribution in [0, 0.1) is 0 Å². The van der Waals surface area contributed by atoms with Crippen molar-refractivity contribution in [3.05, 3.63) is 48.0 Å². The van der Waals surface area contributed by atoms with Crippen LogP contribution in [0.4, 0.5) is 5.69 Å². The van der Waals surface area contributed by atoms with E-state index >= 15 is 0 Å². The summed E-state index contributed by atoms with van der Waals surface area (Å²) in [5, 5.41) is 7.02. The summed E-state index contributed by atoms with van der Waals surface area (Å²) < 4.78 is 17.0. The Hall–Kier alpha value is -2.36. The molecule has 2 aromatic rings. The van der Waals surface area contributed by atoms with E-state index in [1.165, 1.54) is 6.42 Å². The number of para-hydroxylation sites is 1. The van der Waals surface area contributed by atoms with Gasteiger partial charge in [0.2, 0.25) is 0 Å². The highest BCUT2D eigenvalue weighted by Crippen LogP contribution is 2.30. The summed E-state index contributed by atoms with van der Waals surface area (Å²) in [5.74, 6) is 3.38. The maximum Gasteiger partial charge on any atom is 0.191 e. The van der Waals surface area contributed by atoms with Crippen LogP contribution >= 0.6 is 24.0 Å². The summed E-state index contributed by atoms with van der Waals surface area (Å²) in [6, 6.07) is 14.6. The summed E-state index contributed by atoms with van der Waals surface area (Å²) >= 11 is 0. The van der Waals surface area contributed by atoms with Crippen LogP contribution < -0.4 is 29.7 Å². The van der Waals surface area contributed by atoms with Gasteiger partial charge < -0.3 is 29.7 Å². The highest BCUT2D eigenvalue weighted by Gasteiger charge is 2.25. The maximum absolute atomic E-state index is 6.15. The molecule has 1 aliphatic heterocycles. The average Bonchev–Trinajstić information content (AvgIpc) is 3.27. The van der Waals surface area contributed by atoms with Gasteiger partial charge in [0.15, 0.2) is 5.96 Å². The van der Waals surface area contributed by atoms with Crippen LogP contribution in [-0.2, 0) is 6.54 Å². The summed E-state index contributed by atoms with van der Waals surface area (Å²) in [5.41, 5.74) is 2.26. The van der Waals surface area contributed by atoms with Crippen molar-refractivity contribution >= 4 is 35.6 Å². The molecule has 2 fully saturated rings. The van der Waals surface area contributed by atoms with Crippen molar-refractivity contribution in [3.8, 4) is 17.2 Å². The Balaban J connectivity index is 0.00000306. The largest absolute Gasteiger partial charge is 0.497 e. The van der Waals surface area contributed by atoms with Gasteiger partial charge >= 0.3 is 0 Å². The van der Waals surface area contributed by atoms with E-state index in [1.54, 1.807) is 14.2 Å². The molecule has 2 aliphatic rings. The predicted molar refractivity (Wildman–Crippen MR) is 144 cm³/mol. The lowest BCUT2D eigenvalue weighted by atomic mass is 9.96. The highest BCUT2D eigenvalue weighted by molar-refractivity contribution is 14.0. The fraction of sp³-hybridized carbons (Fsp3) is 0.480. The molecule has 0 spiro atoms. The van der Waals surface area contributed by atoms with Gasteiger partial charge in [0.05, 0.1) is 20.3 Å². The molecule has 0 amide bonds. The maximum atomic E-state index is 6.15. The van der Waals surface area contributed by atoms with E-state index in [2.05, 4.69) is 50.9 Å². The molecular formula is C25H35IN4O3. The molecular weight excluding hydrogens is 531 g/mol. The van der Waals surface area contributed by atoms with Crippen LogP contribution in [0.3, 0.4) is 0 Å². The molecule has 2 aromatic carbocycles. The molecule has 180 valence electrons. The van der Waals surface area contributed by atoms with E-state index in [4.69, 9.17) is 14.2 Å². The first-order chi connectivity index (χ1) is 15.7. The lowest BCUT2D eigenvalue weighted by molar-refractivity contribution is 0.119. The fourth-order valence-corrected chi connectivity index (χ4v) is 4.09. The summed E-state index contributed by atoms with van der Waals surface area (Å²) in [4.78, 5) is 6.78. The van der Waals surface area contributed by atoms with Crippen molar-refractivity contribution in [2.75, 3.05) is 39.3 Å². The van der Waals surface area contributed by atoms with Gasteiger partial charge in [0.25, 0.3) is 0 Å². The number of aliphatic imine (C=N–C) groups is 1. The minimum atomic E-state index is 0. The van der Waals surface area contributed by atoms with Crippen LogP contribution in [0.2, 0.25) is 0 Å². The lowest BCUT2D eigenvalue weighted by Gasteiger charge is -2.27. The number of anilines is 1. The first-order valence-electron chi connectivity index (χ1n) is 11.4. The van der Waals surface area contributed by atoms with Gasteiger partial charge in [-0.1, -0.05) is 18.2 Å². The lowest BCUT2D eigenvalue weighted by Crippen LogP contribution is -2.44. The molecule has 7 nitrogen and oxygen atoms in total. The third kappa shape index (κ3) is 6.59. The summed E-state index contributed by atoms with van der Waals surface area (Å²) in [6.45, 7) is 2.52. The Bertz CT molecular complexity index is 913. The van der Waals surface area contributed by atoms with Crippen LogP contribution in [-0.4, -0.2) is 52.5 Å². The minimum Gasteiger partial charge on any atom is -0.497 e. The molecule has 1 saturated carbocycles. The number of hydrogen-bond donors (Lipinski definition) is 2. The Morgan fingerprint density at radius 3 is 2.42 bits per heavy atom. The predicted octanol–water partition coefficient (Wildman–Crippen LogP) is 4.20. The fourth-order valence-electron chi connectivity index (χ4n) is 4.09. The normalized spacial score (nSPS) is 18.2. The van der Waals surface area contributed by atoms with Crippen molar-refractivity contribution in [1.29, 1.82) is 0 Å². The zero-order valence-corrected chi connectivity index (χ0v) is 22.0. The van der Waals surface area contributed by atoms with Gasteiger partial charge in [-0.3, -0.25) is 4.99 Å². The molecule has 1 aliphatic carbocycles. The van der Waals surface area contributed by atoms with Gasteiger partial charge in [-0.2, -0.15) is 0 Å². The van der Waals surface area contributed by atoms with E-state index in [1.807, 2.05) is 19.2 Å². The monoisotopic (exact) mass is 566 g/mol. The second kappa shape index (κ2) is 12.2. The van der Waals surface area contributed by atoms with Crippen molar-refractivity contribution in [3.63, 3.8) is 0 Å². The van der Waals surface area contributed by atoms with Gasteiger partial charge in [0, 0.05) is 62.2 Å². The number of hydrogen-bond acceptors (Lipinski definition) is 5. The zero-order chi connectivity index (χ0) is 22.3. The molecule has 0 radical (unpaired) electrons. The topological polar surface area (TPSA) is 67.4 Å². The second-order valence-corrected chi connectivity index (χ2v) is 8.35. The zero-order valence-electron chi connectivity index (χ0n) is 19.7. The first-order valence-corrected chi connectivity index (χ1v) is 11.4. The van der Waals surface area contributed by atoms with E-state index in [0.717, 1.165) is 66.8 Å². The van der Waals surface area contributed by atoms with E-state index in [0.29, 0.717) is 18.7 Å². The van der Waals surface area contributed by atoms with Crippen LogP contribution in [0.15, 0.2) is 47.5 Å². The third-order valence-electron chi connectivity index (χ3n) is 6.22. The number of rotatable bonds is 8. The van der Waals surface area contributed by atoms with Crippen molar-refractivity contribution in [2.45, 2.75) is 44.4 Å². The minimum absolute atomic E-state index is 0. The number of benzene rings is 2. The number of nitrogens with one attached hydrogen (secondary N) is 2. The summed E-state index contributed by atoms with van der Waals surface area (Å²) in [7, 11) is 5.17. The molecule has 1 unspecified atom stereocenters. The van der Waals surface area contributed by atoms with E-state index < -0.39 is 0 Å².